The zero-order valence-electron chi connectivity index (χ0n) is 15.6. The predicted molar refractivity (Wildman–Crippen MR) is 93.0 cm³/mol. The third-order valence-electron chi connectivity index (χ3n) is 2.81. The molecule has 158 valence electrons. The molecule has 10 heteroatoms. The van der Waals surface area contributed by atoms with E-state index >= 15 is 0 Å². The maximum atomic E-state index is 8.51. The Kier molecular flexibility index (Phi) is 24.2. The van der Waals surface area contributed by atoms with Crippen molar-refractivity contribution in [3.05, 3.63) is 0 Å². The molecule has 0 aliphatic rings. The molecule has 0 bridgehead atoms. The lowest BCUT2D eigenvalue weighted by Crippen LogP contribution is -2.15. The van der Waals surface area contributed by atoms with Crippen LogP contribution in [0.25, 0.3) is 0 Å². The number of hydrogen-bond acceptors (Lipinski definition) is 10. The number of rotatable bonds is 23. The number of ether oxygens (including phenoxy) is 7. The van der Waals surface area contributed by atoms with Crippen LogP contribution < -0.4 is 5.90 Å². The second kappa shape index (κ2) is 24.6. The largest absolute Gasteiger partial charge is 0.394 e. The summed E-state index contributed by atoms with van der Waals surface area (Å²) in [5, 5.41) is 8.51. The SMILES string of the molecule is NOCCOCCOCCOCCOCCOCCOCCOCCO. The molecule has 0 amide bonds. The summed E-state index contributed by atoms with van der Waals surface area (Å²) in [7, 11) is 0. The van der Waals surface area contributed by atoms with E-state index in [1.807, 2.05) is 0 Å². The van der Waals surface area contributed by atoms with Gasteiger partial charge in [0.1, 0.15) is 0 Å². The molecule has 3 N–H and O–H groups in total. The highest BCUT2D eigenvalue weighted by molar-refractivity contribution is 4.37. The molecule has 0 heterocycles. The van der Waals surface area contributed by atoms with Crippen LogP contribution in [0.2, 0.25) is 0 Å². The van der Waals surface area contributed by atoms with Crippen LogP contribution in [-0.2, 0) is 38.0 Å². The summed E-state index contributed by atoms with van der Waals surface area (Å²) in [5.41, 5.74) is 0. The first kappa shape index (κ1) is 25.6. The quantitative estimate of drug-likeness (QED) is 0.167. The second-order valence-corrected chi connectivity index (χ2v) is 4.88. The van der Waals surface area contributed by atoms with E-state index in [1.165, 1.54) is 0 Å². The molecular weight excluding hydrogens is 350 g/mol. The van der Waals surface area contributed by atoms with Crippen LogP contribution in [-0.4, -0.2) is 111 Å². The van der Waals surface area contributed by atoms with Gasteiger partial charge in [-0.05, 0) is 0 Å². The standard InChI is InChI=1S/C16H35NO9/c17-26-16-15-25-14-13-24-12-11-23-10-9-22-8-7-21-6-5-20-4-3-19-2-1-18/h18H,1-17H2. The van der Waals surface area contributed by atoms with E-state index in [9.17, 15) is 0 Å². The van der Waals surface area contributed by atoms with Gasteiger partial charge in [0.25, 0.3) is 0 Å². The minimum absolute atomic E-state index is 0.0316. The summed E-state index contributed by atoms with van der Waals surface area (Å²) >= 11 is 0. The second-order valence-electron chi connectivity index (χ2n) is 4.88. The highest BCUT2D eigenvalue weighted by atomic mass is 16.6. The van der Waals surface area contributed by atoms with E-state index in [-0.39, 0.29) is 6.61 Å². The average Bonchev–Trinajstić information content (AvgIpc) is 2.66. The zero-order chi connectivity index (χ0) is 19.0. The van der Waals surface area contributed by atoms with Gasteiger partial charge in [0.05, 0.1) is 106 Å². The lowest BCUT2D eigenvalue weighted by atomic mass is 10.6. The summed E-state index contributed by atoms with van der Waals surface area (Å²) in [6.45, 7) is 7.35. The third kappa shape index (κ3) is 23.6. The molecule has 0 saturated heterocycles. The van der Waals surface area contributed by atoms with E-state index in [4.69, 9.17) is 44.2 Å². The molecule has 0 spiro atoms. The van der Waals surface area contributed by atoms with Crippen LogP contribution in [0.3, 0.4) is 0 Å². The Bertz CT molecular complexity index is 226. The Morgan fingerprint density at radius 1 is 0.385 bits per heavy atom. The van der Waals surface area contributed by atoms with Crippen LogP contribution in [0.4, 0.5) is 0 Å². The summed E-state index contributed by atoms with van der Waals surface area (Å²) in [6, 6.07) is 0. The van der Waals surface area contributed by atoms with Gasteiger partial charge in [0, 0.05) is 0 Å². The predicted octanol–water partition coefficient (Wildman–Crippen LogP) is -1.01. The van der Waals surface area contributed by atoms with Gasteiger partial charge in [0.2, 0.25) is 0 Å². The normalized spacial score (nSPS) is 11.3. The Hall–Kier alpha value is -0.400. The Morgan fingerprint density at radius 2 is 0.615 bits per heavy atom. The van der Waals surface area contributed by atoms with Crippen LogP contribution in [0.1, 0.15) is 0 Å². The smallest absolute Gasteiger partial charge is 0.0913 e. The fraction of sp³-hybridized carbons (Fsp3) is 1.00. The van der Waals surface area contributed by atoms with Gasteiger partial charge in [0.15, 0.2) is 0 Å². The maximum absolute atomic E-state index is 8.51. The van der Waals surface area contributed by atoms with E-state index in [2.05, 4.69) is 4.84 Å². The van der Waals surface area contributed by atoms with Crippen LogP contribution in [0.5, 0.6) is 0 Å². The lowest BCUT2D eigenvalue weighted by molar-refractivity contribution is -0.0238. The van der Waals surface area contributed by atoms with Crippen molar-refractivity contribution in [2.75, 3.05) is 106 Å². The maximum Gasteiger partial charge on any atom is 0.0913 e. The molecule has 0 fully saturated rings. The van der Waals surface area contributed by atoms with Gasteiger partial charge >= 0.3 is 0 Å². The summed E-state index contributed by atoms with van der Waals surface area (Å²) in [6.07, 6.45) is 0. The van der Waals surface area contributed by atoms with Crippen LogP contribution in [0.15, 0.2) is 0 Å². The summed E-state index contributed by atoms with van der Waals surface area (Å²) in [5.74, 6) is 4.86. The minimum Gasteiger partial charge on any atom is -0.394 e. The Balaban J connectivity index is 2.95. The molecular formula is C16H35NO9. The van der Waals surface area contributed by atoms with Gasteiger partial charge in [-0.15, -0.1) is 0 Å². The number of aliphatic hydroxyl groups excluding tert-OH is 1. The lowest BCUT2D eigenvalue weighted by Gasteiger charge is -2.08. The Morgan fingerprint density at radius 3 is 0.846 bits per heavy atom. The van der Waals surface area contributed by atoms with Crippen molar-refractivity contribution in [2.24, 2.45) is 5.90 Å². The van der Waals surface area contributed by atoms with Gasteiger partial charge in [-0.3, -0.25) is 0 Å². The molecule has 0 rings (SSSR count). The van der Waals surface area contributed by atoms with Gasteiger partial charge < -0.3 is 43.1 Å². The number of aliphatic hydroxyl groups is 1. The third-order valence-corrected chi connectivity index (χ3v) is 2.81. The molecule has 0 aromatic rings. The monoisotopic (exact) mass is 385 g/mol. The zero-order valence-corrected chi connectivity index (χ0v) is 15.6. The van der Waals surface area contributed by atoms with Crippen molar-refractivity contribution < 1.29 is 43.1 Å². The number of nitrogens with two attached hydrogens (primary N) is 1. The number of hydrogen-bond donors (Lipinski definition) is 2. The molecule has 0 aromatic heterocycles. The van der Waals surface area contributed by atoms with Gasteiger partial charge in [-0.2, -0.15) is 0 Å². The first-order chi connectivity index (χ1) is 12.9. The molecule has 0 atom stereocenters. The molecule has 0 aliphatic carbocycles. The van der Waals surface area contributed by atoms with Crippen molar-refractivity contribution in [3.63, 3.8) is 0 Å². The fourth-order valence-corrected chi connectivity index (χ4v) is 1.59. The van der Waals surface area contributed by atoms with E-state index in [0.717, 1.165) is 0 Å². The van der Waals surface area contributed by atoms with Gasteiger partial charge in [-0.1, -0.05) is 0 Å². The van der Waals surface area contributed by atoms with Crippen LogP contribution >= 0.6 is 0 Å². The van der Waals surface area contributed by atoms with Crippen molar-refractivity contribution in [2.45, 2.75) is 0 Å². The highest BCUT2D eigenvalue weighted by Gasteiger charge is 1.94. The van der Waals surface area contributed by atoms with E-state index < -0.39 is 0 Å². The van der Waals surface area contributed by atoms with Crippen molar-refractivity contribution in [1.82, 2.24) is 0 Å². The fourth-order valence-electron chi connectivity index (χ4n) is 1.59. The average molecular weight is 385 g/mol. The molecule has 10 nitrogen and oxygen atoms in total. The Labute approximate surface area is 155 Å². The first-order valence-corrected chi connectivity index (χ1v) is 8.88. The topological polar surface area (TPSA) is 120 Å². The van der Waals surface area contributed by atoms with Crippen molar-refractivity contribution in [3.8, 4) is 0 Å². The molecule has 0 aliphatic heterocycles. The van der Waals surface area contributed by atoms with Crippen molar-refractivity contribution in [1.29, 1.82) is 0 Å². The summed E-state index contributed by atoms with van der Waals surface area (Å²) in [4.78, 5) is 4.36. The molecule has 0 aromatic carbocycles. The van der Waals surface area contributed by atoms with Crippen molar-refractivity contribution >= 4 is 0 Å². The first-order valence-electron chi connectivity index (χ1n) is 8.88. The molecule has 0 unspecified atom stereocenters. The highest BCUT2D eigenvalue weighted by Crippen LogP contribution is 1.85. The van der Waals surface area contributed by atoms with E-state index in [1.54, 1.807) is 0 Å². The van der Waals surface area contributed by atoms with Crippen LogP contribution in [0, 0.1) is 0 Å². The molecule has 0 saturated carbocycles. The summed E-state index contributed by atoms with van der Waals surface area (Å²) < 4.78 is 36.9. The van der Waals surface area contributed by atoms with E-state index in [0.29, 0.717) is 99.1 Å². The minimum atomic E-state index is 0.0316. The van der Waals surface area contributed by atoms with Gasteiger partial charge in [-0.25, -0.2) is 5.90 Å². The molecule has 26 heavy (non-hydrogen) atoms. The molecule has 0 radical (unpaired) electrons.